The predicted molar refractivity (Wildman–Crippen MR) is 109 cm³/mol. The number of piperazine rings is 1. The average molecular weight is 425 g/mol. The Hall–Kier alpha value is -3.66. The molecule has 0 spiro atoms. The number of nitro groups is 1. The lowest BCUT2D eigenvalue weighted by molar-refractivity contribution is -0.384. The number of rotatable bonds is 5. The lowest BCUT2D eigenvalue weighted by Gasteiger charge is -2.34. The normalized spacial score (nSPS) is 14.6. The summed E-state index contributed by atoms with van der Waals surface area (Å²) < 4.78 is 19.4. The van der Waals surface area contributed by atoms with Gasteiger partial charge in [0, 0.05) is 49.4 Å². The van der Waals surface area contributed by atoms with E-state index in [1.807, 2.05) is 0 Å². The Kier molecular flexibility index (Phi) is 5.72. The number of aryl methyl sites for hydroxylation is 1. The molecular weight excluding hydrogens is 405 g/mol. The van der Waals surface area contributed by atoms with Crippen LogP contribution in [0.15, 0.2) is 46.9 Å². The van der Waals surface area contributed by atoms with Gasteiger partial charge in [-0.2, -0.15) is 0 Å². The Morgan fingerprint density at radius 3 is 2.48 bits per heavy atom. The van der Waals surface area contributed by atoms with Crippen molar-refractivity contribution in [2.24, 2.45) is 0 Å². The van der Waals surface area contributed by atoms with Gasteiger partial charge >= 0.3 is 0 Å². The molecule has 1 aliphatic heterocycles. The fraction of sp³-hybridized carbons (Fsp3) is 0.286. The number of benzene rings is 2. The smallest absolute Gasteiger partial charge is 0.269 e. The van der Waals surface area contributed by atoms with Gasteiger partial charge in [0.25, 0.3) is 11.6 Å². The second-order valence-corrected chi connectivity index (χ2v) is 7.34. The van der Waals surface area contributed by atoms with Crippen molar-refractivity contribution in [3.05, 3.63) is 75.4 Å². The number of amides is 1. The summed E-state index contributed by atoms with van der Waals surface area (Å²) in [4.78, 5) is 26.7. The molecule has 9 nitrogen and oxygen atoms in total. The van der Waals surface area contributed by atoms with Gasteiger partial charge in [-0.25, -0.2) is 4.39 Å². The monoisotopic (exact) mass is 425 g/mol. The van der Waals surface area contributed by atoms with E-state index in [4.69, 9.17) is 4.42 Å². The van der Waals surface area contributed by atoms with Crippen molar-refractivity contribution in [3.8, 4) is 11.5 Å². The van der Waals surface area contributed by atoms with E-state index in [1.54, 1.807) is 36.1 Å². The summed E-state index contributed by atoms with van der Waals surface area (Å²) in [6, 6.07) is 10.4. The molecule has 0 radical (unpaired) electrons. The van der Waals surface area contributed by atoms with Gasteiger partial charge in [-0.1, -0.05) is 6.07 Å². The molecule has 2 aromatic carbocycles. The largest absolute Gasteiger partial charge is 0.419 e. The molecule has 0 bridgehead atoms. The SMILES string of the molecule is Cc1ccc(C(=O)N2CCN(Cc3nnc(-c4ccc([N+](=O)[O-])cc4)o3)CC2)cc1F. The topological polar surface area (TPSA) is 106 Å². The van der Waals surface area contributed by atoms with Gasteiger partial charge in [-0.15, -0.1) is 10.2 Å². The van der Waals surface area contributed by atoms with E-state index in [-0.39, 0.29) is 17.4 Å². The van der Waals surface area contributed by atoms with E-state index in [0.29, 0.717) is 61.2 Å². The first-order valence-corrected chi connectivity index (χ1v) is 9.76. The molecule has 1 fully saturated rings. The van der Waals surface area contributed by atoms with Gasteiger partial charge < -0.3 is 9.32 Å². The molecule has 31 heavy (non-hydrogen) atoms. The molecule has 10 heteroatoms. The molecular formula is C21H20FN5O4. The Balaban J connectivity index is 1.33. The van der Waals surface area contributed by atoms with Crippen LogP contribution in [0.4, 0.5) is 10.1 Å². The number of carbonyl (C=O) groups is 1. The highest BCUT2D eigenvalue weighted by molar-refractivity contribution is 5.94. The number of aromatic nitrogens is 2. The number of carbonyl (C=O) groups excluding carboxylic acids is 1. The Bertz CT molecular complexity index is 1110. The molecule has 1 aromatic heterocycles. The van der Waals surface area contributed by atoms with Crippen molar-refractivity contribution in [2.75, 3.05) is 26.2 Å². The number of nitro benzene ring substituents is 1. The second-order valence-electron chi connectivity index (χ2n) is 7.34. The minimum atomic E-state index is -0.470. The van der Waals surface area contributed by atoms with Crippen LogP contribution in [-0.2, 0) is 6.54 Å². The number of nitrogens with zero attached hydrogens (tertiary/aromatic N) is 5. The third-order valence-electron chi connectivity index (χ3n) is 5.23. The number of hydrogen-bond acceptors (Lipinski definition) is 7. The van der Waals surface area contributed by atoms with E-state index in [0.717, 1.165) is 0 Å². The zero-order valence-corrected chi connectivity index (χ0v) is 16.8. The number of non-ortho nitro benzene ring substituents is 1. The van der Waals surface area contributed by atoms with Crippen molar-refractivity contribution in [3.63, 3.8) is 0 Å². The van der Waals surface area contributed by atoms with Crippen LogP contribution in [0.5, 0.6) is 0 Å². The molecule has 0 unspecified atom stereocenters. The van der Waals surface area contributed by atoms with Crippen LogP contribution in [0, 0.1) is 22.9 Å². The zero-order chi connectivity index (χ0) is 22.0. The van der Waals surface area contributed by atoms with E-state index in [1.165, 1.54) is 18.2 Å². The summed E-state index contributed by atoms with van der Waals surface area (Å²) in [6.45, 7) is 4.36. The van der Waals surface area contributed by atoms with Crippen LogP contribution in [0.25, 0.3) is 11.5 Å². The molecule has 4 rings (SSSR count). The molecule has 0 N–H and O–H groups in total. The summed E-state index contributed by atoms with van der Waals surface area (Å²) in [7, 11) is 0. The van der Waals surface area contributed by atoms with E-state index >= 15 is 0 Å². The van der Waals surface area contributed by atoms with Crippen LogP contribution in [-0.4, -0.2) is 57.0 Å². The standard InChI is InChI=1S/C21H20FN5O4/c1-14-2-3-16(12-18(14)22)21(28)26-10-8-25(9-11-26)13-19-23-24-20(31-19)15-4-6-17(7-5-15)27(29)30/h2-7,12H,8-11,13H2,1H3. The lowest BCUT2D eigenvalue weighted by Crippen LogP contribution is -2.48. The highest BCUT2D eigenvalue weighted by Gasteiger charge is 2.24. The van der Waals surface area contributed by atoms with Gasteiger partial charge in [-0.05, 0) is 36.8 Å². The Morgan fingerprint density at radius 2 is 1.84 bits per heavy atom. The maximum Gasteiger partial charge on any atom is 0.269 e. The highest BCUT2D eigenvalue weighted by atomic mass is 19.1. The molecule has 0 saturated carbocycles. The summed E-state index contributed by atoms with van der Waals surface area (Å²) >= 11 is 0. The minimum Gasteiger partial charge on any atom is -0.419 e. The zero-order valence-electron chi connectivity index (χ0n) is 16.8. The van der Waals surface area contributed by atoms with Crippen molar-refractivity contribution >= 4 is 11.6 Å². The van der Waals surface area contributed by atoms with Crippen molar-refractivity contribution in [1.82, 2.24) is 20.0 Å². The van der Waals surface area contributed by atoms with Crippen LogP contribution in [0.2, 0.25) is 0 Å². The van der Waals surface area contributed by atoms with Crippen molar-refractivity contribution < 1.29 is 18.5 Å². The quantitative estimate of drug-likeness (QED) is 0.457. The second kappa shape index (κ2) is 8.60. The molecule has 1 amide bonds. The van der Waals surface area contributed by atoms with Crippen LogP contribution < -0.4 is 0 Å². The first kappa shape index (κ1) is 20.6. The van der Waals surface area contributed by atoms with E-state index in [9.17, 15) is 19.3 Å². The van der Waals surface area contributed by atoms with E-state index in [2.05, 4.69) is 15.1 Å². The highest BCUT2D eigenvalue weighted by Crippen LogP contribution is 2.22. The maximum absolute atomic E-state index is 13.8. The fourth-order valence-electron chi connectivity index (χ4n) is 3.37. The lowest BCUT2D eigenvalue weighted by atomic mass is 10.1. The fourth-order valence-corrected chi connectivity index (χ4v) is 3.37. The van der Waals surface area contributed by atoms with Crippen molar-refractivity contribution in [1.29, 1.82) is 0 Å². The van der Waals surface area contributed by atoms with Crippen LogP contribution in [0.3, 0.4) is 0 Å². The third-order valence-corrected chi connectivity index (χ3v) is 5.23. The predicted octanol–water partition coefficient (Wildman–Crippen LogP) is 3.05. The van der Waals surface area contributed by atoms with Gasteiger partial charge in [0.1, 0.15) is 5.82 Å². The van der Waals surface area contributed by atoms with Crippen LogP contribution >= 0.6 is 0 Å². The summed E-state index contributed by atoms with van der Waals surface area (Å²) in [6.07, 6.45) is 0. The van der Waals surface area contributed by atoms with Gasteiger partial charge in [0.05, 0.1) is 11.5 Å². The molecule has 0 aliphatic carbocycles. The molecule has 1 aliphatic rings. The Morgan fingerprint density at radius 1 is 1.13 bits per heavy atom. The summed E-state index contributed by atoms with van der Waals surface area (Å²) in [5.41, 5.74) is 1.45. The molecule has 160 valence electrons. The van der Waals surface area contributed by atoms with Gasteiger partial charge in [-0.3, -0.25) is 19.8 Å². The molecule has 0 atom stereocenters. The summed E-state index contributed by atoms with van der Waals surface area (Å²) in [5, 5.41) is 18.8. The van der Waals surface area contributed by atoms with E-state index < -0.39 is 4.92 Å². The van der Waals surface area contributed by atoms with Gasteiger partial charge in [0.2, 0.25) is 11.8 Å². The summed E-state index contributed by atoms with van der Waals surface area (Å²) in [5.74, 6) is 0.148. The van der Waals surface area contributed by atoms with Gasteiger partial charge in [0.15, 0.2) is 0 Å². The maximum atomic E-state index is 13.8. The average Bonchev–Trinajstić information content (AvgIpc) is 3.24. The number of hydrogen-bond donors (Lipinski definition) is 0. The molecule has 3 aromatic rings. The molecule has 1 saturated heterocycles. The van der Waals surface area contributed by atoms with Crippen molar-refractivity contribution in [2.45, 2.75) is 13.5 Å². The molecule has 2 heterocycles. The Labute approximate surface area is 177 Å². The number of halogens is 1. The third kappa shape index (κ3) is 4.58. The van der Waals surface area contributed by atoms with Crippen LogP contribution in [0.1, 0.15) is 21.8 Å². The first-order chi connectivity index (χ1) is 14.9. The first-order valence-electron chi connectivity index (χ1n) is 9.76. The minimum absolute atomic E-state index is 0.00992.